The van der Waals surface area contributed by atoms with Crippen LogP contribution in [0.3, 0.4) is 0 Å². The normalized spacial score (nSPS) is 14.0. The number of nitrogens with one attached hydrogen (secondary N) is 1. The molecule has 0 aromatic rings. The van der Waals surface area contributed by atoms with E-state index in [0.717, 1.165) is 0 Å². The third-order valence-electron chi connectivity index (χ3n) is 1.75. The lowest BCUT2D eigenvalue weighted by molar-refractivity contribution is -0.142. The molecule has 0 spiro atoms. The number of carboxylic acid groups (broad SMARTS) is 2. The van der Waals surface area contributed by atoms with Gasteiger partial charge in [0.25, 0.3) is 0 Å². The van der Waals surface area contributed by atoms with Gasteiger partial charge in [-0.2, -0.15) is 0 Å². The van der Waals surface area contributed by atoms with E-state index in [9.17, 15) is 14.4 Å². The molecule has 2 atom stereocenters. The Balaban J connectivity index is 4.21. The summed E-state index contributed by atoms with van der Waals surface area (Å²) in [6.07, 6.45) is -0.317. The predicted molar refractivity (Wildman–Crippen MR) is 50.1 cm³/mol. The molecule has 86 valence electrons. The maximum atomic E-state index is 11.2. The average Bonchev–Trinajstić information content (AvgIpc) is 2.11. The van der Waals surface area contributed by atoms with Crippen LogP contribution in [-0.4, -0.2) is 40.1 Å². The van der Waals surface area contributed by atoms with Crippen LogP contribution >= 0.6 is 0 Å². The predicted octanol–water partition coefficient (Wildman–Crippen LogP) is -1.23. The number of amides is 1. The van der Waals surface area contributed by atoms with Gasteiger partial charge in [0.05, 0.1) is 12.5 Å². The average molecular weight is 218 g/mol. The van der Waals surface area contributed by atoms with Crippen molar-refractivity contribution < 1.29 is 24.6 Å². The molecule has 0 aliphatic rings. The van der Waals surface area contributed by atoms with Crippen LogP contribution in [0.2, 0.25) is 0 Å². The van der Waals surface area contributed by atoms with Crippen LogP contribution in [0.5, 0.6) is 0 Å². The van der Waals surface area contributed by atoms with Crippen molar-refractivity contribution in [2.45, 2.75) is 31.8 Å². The van der Waals surface area contributed by atoms with Gasteiger partial charge in [0.2, 0.25) is 5.91 Å². The number of nitrogens with two attached hydrogens (primary N) is 1. The molecule has 0 heterocycles. The summed E-state index contributed by atoms with van der Waals surface area (Å²) in [7, 11) is 0. The first kappa shape index (κ1) is 13.4. The Bertz CT molecular complexity index is 266. The second-order valence-electron chi connectivity index (χ2n) is 3.01. The minimum absolute atomic E-state index is 0.209. The van der Waals surface area contributed by atoms with Crippen LogP contribution in [-0.2, 0) is 14.4 Å². The van der Waals surface area contributed by atoms with Crippen LogP contribution in [0.1, 0.15) is 19.8 Å². The van der Waals surface area contributed by atoms with E-state index in [1.165, 1.54) is 0 Å². The van der Waals surface area contributed by atoms with Crippen LogP contribution in [0.25, 0.3) is 0 Å². The summed E-state index contributed by atoms with van der Waals surface area (Å²) in [5.41, 5.74) is 5.24. The molecule has 15 heavy (non-hydrogen) atoms. The van der Waals surface area contributed by atoms with Gasteiger partial charge >= 0.3 is 11.9 Å². The number of carboxylic acids is 2. The molecule has 0 aromatic heterocycles. The minimum Gasteiger partial charge on any atom is -0.481 e. The summed E-state index contributed by atoms with van der Waals surface area (Å²) in [5, 5.41) is 19.1. The van der Waals surface area contributed by atoms with Crippen LogP contribution in [0, 0.1) is 0 Å². The first-order chi connectivity index (χ1) is 6.88. The molecular formula is C8H14N2O5. The fourth-order valence-corrected chi connectivity index (χ4v) is 0.898. The van der Waals surface area contributed by atoms with Crippen molar-refractivity contribution in [3.63, 3.8) is 0 Å². The van der Waals surface area contributed by atoms with Gasteiger partial charge in [-0.05, 0) is 6.42 Å². The van der Waals surface area contributed by atoms with Crippen molar-refractivity contribution in [1.82, 2.24) is 5.32 Å². The van der Waals surface area contributed by atoms with Gasteiger partial charge < -0.3 is 21.3 Å². The Hall–Kier alpha value is -1.63. The van der Waals surface area contributed by atoms with Crippen LogP contribution in [0.4, 0.5) is 0 Å². The molecular weight excluding hydrogens is 204 g/mol. The fourth-order valence-electron chi connectivity index (χ4n) is 0.898. The van der Waals surface area contributed by atoms with E-state index in [2.05, 4.69) is 5.32 Å². The maximum Gasteiger partial charge on any atom is 0.326 e. The Morgan fingerprint density at radius 1 is 1.33 bits per heavy atom. The maximum absolute atomic E-state index is 11.2. The second-order valence-corrected chi connectivity index (χ2v) is 3.01. The van der Waals surface area contributed by atoms with E-state index in [1.807, 2.05) is 0 Å². The van der Waals surface area contributed by atoms with E-state index >= 15 is 0 Å². The smallest absolute Gasteiger partial charge is 0.326 e. The van der Waals surface area contributed by atoms with Crippen molar-refractivity contribution in [3.8, 4) is 0 Å². The van der Waals surface area contributed by atoms with Crippen LogP contribution in [0.15, 0.2) is 0 Å². The van der Waals surface area contributed by atoms with Gasteiger partial charge in [-0.25, -0.2) is 4.79 Å². The standard InChI is InChI=1S/C8H14N2O5/c1-2-5(8(14)15)10-7(13)4(9)3-6(11)12/h4-5H,2-3,9H2,1H3,(H,10,13)(H,11,12)(H,14,15)/t4-,5-/m0/s1. The minimum atomic E-state index is -1.23. The summed E-state index contributed by atoms with van der Waals surface area (Å²) in [6.45, 7) is 1.59. The molecule has 0 aliphatic carbocycles. The molecule has 0 saturated carbocycles. The summed E-state index contributed by atoms with van der Waals surface area (Å²) in [4.78, 5) is 32.0. The van der Waals surface area contributed by atoms with E-state index in [0.29, 0.717) is 0 Å². The number of rotatable bonds is 6. The summed E-state index contributed by atoms with van der Waals surface area (Å²) < 4.78 is 0. The topological polar surface area (TPSA) is 130 Å². The molecule has 7 nitrogen and oxygen atoms in total. The Morgan fingerprint density at radius 3 is 2.20 bits per heavy atom. The highest BCUT2D eigenvalue weighted by molar-refractivity contribution is 5.89. The zero-order chi connectivity index (χ0) is 12.0. The third-order valence-corrected chi connectivity index (χ3v) is 1.75. The zero-order valence-electron chi connectivity index (χ0n) is 8.27. The Kier molecular flexibility index (Phi) is 5.32. The van der Waals surface area contributed by atoms with Gasteiger partial charge in [-0.15, -0.1) is 0 Å². The van der Waals surface area contributed by atoms with Crippen molar-refractivity contribution in [2.24, 2.45) is 5.73 Å². The molecule has 0 radical (unpaired) electrons. The Morgan fingerprint density at radius 2 is 1.87 bits per heavy atom. The first-order valence-corrected chi connectivity index (χ1v) is 4.39. The molecule has 1 amide bonds. The molecule has 5 N–H and O–H groups in total. The monoisotopic (exact) mass is 218 g/mol. The highest BCUT2D eigenvalue weighted by Crippen LogP contribution is 1.94. The number of hydrogen-bond acceptors (Lipinski definition) is 4. The Labute approximate surface area is 86.3 Å². The van der Waals surface area contributed by atoms with E-state index in [4.69, 9.17) is 15.9 Å². The van der Waals surface area contributed by atoms with Crippen molar-refractivity contribution in [2.75, 3.05) is 0 Å². The number of hydrogen-bond donors (Lipinski definition) is 4. The molecule has 0 aliphatic heterocycles. The summed E-state index contributed by atoms with van der Waals surface area (Å²) in [5.74, 6) is -3.15. The highest BCUT2D eigenvalue weighted by Gasteiger charge is 2.22. The molecule has 0 rings (SSSR count). The van der Waals surface area contributed by atoms with Gasteiger partial charge in [-0.1, -0.05) is 6.92 Å². The quantitative estimate of drug-likeness (QED) is 0.441. The molecule has 7 heteroatoms. The van der Waals surface area contributed by atoms with E-state index in [1.54, 1.807) is 6.92 Å². The third kappa shape index (κ3) is 4.96. The zero-order valence-corrected chi connectivity index (χ0v) is 8.27. The lowest BCUT2D eigenvalue weighted by atomic mass is 10.1. The van der Waals surface area contributed by atoms with E-state index < -0.39 is 36.4 Å². The van der Waals surface area contributed by atoms with Crippen molar-refractivity contribution in [3.05, 3.63) is 0 Å². The molecule has 0 saturated heterocycles. The van der Waals surface area contributed by atoms with Crippen LogP contribution < -0.4 is 11.1 Å². The largest absolute Gasteiger partial charge is 0.481 e. The van der Waals surface area contributed by atoms with Gasteiger partial charge in [0.1, 0.15) is 6.04 Å². The highest BCUT2D eigenvalue weighted by atomic mass is 16.4. The summed E-state index contributed by atoms with van der Waals surface area (Å²) in [6, 6.07) is -2.26. The van der Waals surface area contributed by atoms with Crippen molar-refractivity contribution in [1.29, 1.82) is 0 Å². The van der Waals surface area contributed by atoms with Gasteiger partial charge in [0.15, 0.2) is 0 Å². The number of aliphatic carboxylic acids is 2. The molecule has 0 aromatic carbocycles. The van der Waals surface area contributed by atoms with Gasteiger partial charge in [-0.3, -0.25) is 9.59 Å². The number of carbonyl (C=O) groups is 3. The second kappa shape index (κ2) is 5.97. The first-order valence-electron chi connectivity index (χ1n) is 4.39. The molecule has 0 bridgehead atoms. The van der Waals surface area contributed by atoms with Crippen molar-refractivity contribution >= 4 is 17.8 Å². The lowest BCUT2D eigenvalue weighted by Gasteiger charge is -2.15. The van der Waals surface area contributed by atoms with Gasteiger partial charge in [0, 0.05) is 0 Å². The molecule has 0 fully saturated rings. The SMILES string of the molecule is CC[C@H](NC(=O)[C@@H](N)CC(=O)O)C(=O)O. The van der Waals surface area contributed by atoms with E-state index in [-0.39, 0.29) is 6.42 Å². The number of carbonyl (C=O) groups excluding carboxylic acids is 1. The lowest BCUT2D eigenvalue weighted by Crippen LogP contribution is -2.48. The summed E-state index contributed by atoms with van der Waals surface area (Å²) >= 11 is 0. The fraction of sp³-hybridized carbons (Fsp3) is 0.625. The molecule has 0 unspecified atom stereocenters.